The normalized spacial score (nSPS) is 20.4. The van der Waals surface area contributed by atoms with Gasteiger partial charge in [-0.3, -0.25) is 14.4 Å². The first-order valence-corrected chi connectivity index (χ1v) is 26.8. The van der Waals surface area contributed by atoms with Crippen molar-refractivity contribution >= 4 is 64.1 Å². The summed E-state index contributed by atoms with van der Waals surface area (Å²) in [5, 5.41) is 19.1. The van der Waals surface area contributed by atoms with E-state index in [0.717, 1.165) is 63.4 Å². The molecule has 0 saturated carbocycles. The molecule has 8 heterocycles. The van der Waals surface area contributed by atoms with E-state index in [1.807, 2.05) is 61.6 Å². The number of nitrogens with one attached hydrogen (secondary N) is 1. The largest absolute Gasteiger partial charge is 0.490 e. The predicted molar refractivity (Wildman–Crippen MR) is 274 cm³/mol. The molecule has 0 spiro atoms. The molecule has 0 bridgehead atoms. The van der Waals surface area contributed by atoms with Crippen LogP contribution >= 0.6 is 34.7 Å². The number of likely N-dealkylation sites (tertiary alicyclic amines) is 2. The van der Waals surface area contributed by atoms with Crippen molar-refractivity contribution in [3.8, 4) is 16.2 Å². The van der Waals surface area contributed by atoms with Crippen LogP contribution in [0.5, 0.6) is 5.75 Å². The van der Waals surface area contributed by atoms with Crippen LogP contribution < -0.4 is 25.6 Å². The Morgan fingerprint density at radius 3 is 2.41 bits per heavy atom. The Hall–Kier alpha value is -5.34. The third kappa shape index (κ3) is 11.6. The number of benzene rings is 1. The number of hydrogen-bond acceptors (Lipinski definition) is 16. The fraction of sp³-hybridized carbons (Fsp3) is 0.529. The van der Waals surface area contributed by atoms with Crippen LogP contribution in [0.3, 0.4) is 0 Å². The van der Waals surface area contributed by atoms with E-state index >= 15 is 0 Å². The molecule has 9 rings (SSSR count). The molecule has 4 saturated heterocycles. The molecule has 20 heteroatoms. The number of carbonyl (C=O) groups excluding carboxylic acids is 3. The van der Waals surface area contributed by atoms with Gasteiger partial charge in [0.05, 0.1) is 45.3 Å². The molecule has 0 radical (unpaired) electrons. The number of ether oxygens (including phenoxy) is 1. The Bertz CT molecular complexity index is 2670. The number of anilines is 2. The molecule has 4 fully saturated rings. The molecule has 4 aromatic heterocycles. The van der Waals surface area contributed by atoms with Crippen molar-refractivity contribution in [1.29, 1.82) is 0 Å². The number of amides is 3. The zero-order valence-corrected chi connectivity index (χ0v) is 43.4. The third-order valence-electron chi connectivity index (χ3n) is 14.4. The van der Waals surface area contributed by atoms with Gasteiger partial charge < -0.3 is 45.0 Å². The smallest absolute Gasteiger partial charge is 0.243 e. The van der Waals surface area contributed by atoms with Crippen LogP contribution in [0, 0.1) is 25.7 Å². The number of carbonyl (C=O) groups is 3. The van der Waals surface area contributed by atoms with Gasteiger partial charge in [-0.1, -0.05) is 54.5 Å². The number of nitrogens with zero attached hydrogens (tertiary/aromatic N) is 9. The van der Waals surface area contributed by atoms with Gasteiger partial charge in [-0.15, -0.1) is 11.3 Å². The minimum Gasteiger partial charge on any atom is -0.490 e. The lowest BCUT2D eigenvalue weighted by Gasteiger charge is -2.38. The van der Waals surface area contributed by atoms with Crippen LogP contribution in [0.1, 0.15) is 94.3 Å². The summed E-state index contributed by atoms with van der Waals surface area (Å²) < 4.78 is 12.3. The summed E-state index contributed by atoms with van der Waals surface area (Å²) in [7, 11) is 0. The number of aliphatic hydroxyl groups excluding tert-OH is 1. The van der Waals surface area contributed by atoms with Crippen LogP contribution in [-0.2, 0) is 20.9 Å². The SMILES string of the molecule is Cc1cc([C@H](C(=O)N2C[C@H](O)C[C@H]2C(=O)NCc2ccc(-c3scnc3C)cc2OC2CCN(C(=O)C3CCN(c4nccc(Sc5cnc(N6CCC(C)(N)CC6)cn5)c4Cl)CC3)CC2)C(C)C)on1. The van der Waals surface area contributed by atoms with Crippen molar-refractivity contribution in [2.75, 3.05) is 55.6 Å². The highest BCUT2D eigenvalue weighted by Gasteiger charge is 2.43. The van der Waals surface area contributed by atoms with Crippen molar-refractivity contribution in [2.24, 2.45) is 17.6 Å². The van der Waals surface area contributed by atoms with E-state index in [1.54, 1.807) is 36.7 Å². The standard InChI is InChI=1S/C51H64ClN11O6S2/c1-30(2)44(40-22-31(3)59-69-40)50(67)63-28-36(64)24-38(63)48(65)57-25-35-7-6-34(46-32(4)58-29-70-46)23-39(35)68-37-11-18-62(19-12-37)49(66)33-9-16-61(17-10-33)47-45(52)41(8-15-54-47)71-43-27-55-42(26-56-43)60-20-13-51(5,53)14-21-60/h6-8,15,22-23,26-27,29-30,33,36-38,44,64H,9-14,16-21,24-25,28,53H2,1-5H3,(H,57,65)/t36-,38+,44-/m1/s1. The fourth-order valence-electron chi connectivity index (χ4n) is 10.2. The lowest BCUT2D eigenvalue weighted by atomic mass is 9.91. The van der Waals surface area contributed by atoms with Gasteiger partial charge in [-0.05, 0) is 70.1 Å². The maximum absolute atomic E-state index is 14.0. The quantitative estimate of drug-likeness (QED) is 0.102. The number of rotatable bonds is 14. The van der Waals surface area contributed by atoms with E-state index in [2.05, 4.69) is 42.1 Å². The van der Waals surface area contributed by atoms with Crippen LogP contribution in [-0.4, -0.2) is 127 Å². The maximum atomic E-state index is 14.0. The fourth-order valence-corrected chi connectivity index (χ4v) is 12.0. The summed E-state index contributed by atoms with van der Waals surface area (Å²) >= 11 is 10.0. The number of aliphatic hydroxyl groups is 1. The topological polar surface area (TPSA) is 209 Å². The number of aryl methyl sites for hydroxylation is 2. The third-order valence-corrected chi connectivity index (χ3v) is 16.8. The number of nitrogens with two attached hydrogens (primary N) is 1. The Morgan fingerprint density at radius 2 is 1.75 bits per heavy atom. The molecule has 1 aromatic carbocycles. The minimum absolute atomic E-state index is 0.0498. The molecule has 3 amide bonds. The van der Waals surface area contributed by atoms with Crippen LogP contribution in [0.15, 0.2) is 68.9 Å². The molecular weight excluding hydrogens is 962 g/mol. The molecule has 0 aliphatic carbocycles. The second kappa shape index (κ2) is 21.8. The molecule has 378 valence electrons. The van der Waals surface area contributed by atoms with Gasteiger partial charge in [-0.25, -0.2) is 19.9 Å². The number of β-amino-alcohol motifs (C(OH)–C–C–N with tert-alkyl or cyclic N) is 1. The molecule has 5 aromatic rings. The molecule has 4 N–H and O–H groups in total. The molecular formula is C51H64ClN11O6S2. The first-order valence-electron chi connectivity index (χ1n) is 24.7. The van der Waals surface area contributed by atoms with E-state index in [9.17, 15) is 19.5 Å². The summed E-state index contributed by atoms with van der Waals surface area (Å²) in [5.74, 6) is 1.30. The number of aromatic nitrogens is 5. The number of pyridine rings is 1. The maximum Gasteiger partial charge on any atom is 0.243 e. The average molecular weight is 1030 g/mol. The Balaban J connectivity index is 0.790. The Morgan fingerprint density at radius 1 is 0.986 bits per heavy atom. The van der Waals surface area contributed by atoms with E-state index in [0.29, 0.717) is 79.9 Å². The lowest BCUT2D eigenvalue weighted by molar-refractivity contribution is -0.141. The number of piperidine rings is 3. The van der Waals surface area contributed by atoms with E-state index in [1.165, 1.54) is 16.7 Å². The first-order chi connectivity index (χ1) is 34.1. The van der Waals surface area contributed by atoms with Crippen LogP contribution in [0.4, 0.5) is 11.6 Å². The second-order valence-electron chi connectivity index (χ2n) is 20.1. The van der Waals surface area contributed by atoms with Gasteiger partial charge in [-0.2, -0.15) is 0 Å². The van der Waals surface area contributed by atoms with Crippen molar-refractivity contribution in [2.45, 2.75) is 126 Å². The molecule has 0 unspecified atom stereocenters. The summed E-state index contributed by atoms with van der Waals surface area (Å²) in [5.41, 5.74) is 11.3. The zero-order chi connectivity index (χ0) is 50.0. The van der Waals surface area contributed by atoms with Gasteiger partial charge in [0.25, 0.3) is 0 Å². The first kappa shape index (κ1) is 50.6. The lowest BCUT2D eigenvalue weighted by Crippen LogP contribution is -2.48. The van der Waals surface area contributed by atoms with Crippen molar-refractivity contribution in [3.63, 3.8) is 0 Å². The summed E-state index contributed by atoms with van der Waals surface area (Å²) in [6.45, 7) is 14.1. The van der Waals surface area contributed by atoms with Crippen LogP contribution in [0.2, 0.25) is 5.02 Å². The average Bonchev–Trinajstić information content (AvgIpc) is 4.11. The van der Waals surface area contributed by atoms with Crippen LogP contribution in [0.25, 0.3) is 10.4 Å². The number of thiazole rings is 1. The molecule has 4 aliphatic heterocycles. The highest BCUT2D eigenvalue weighted by atomic mass is 35.5. The van der Waals surface area contributed by atoms with E-state index in [4.69, 9.17) is 31.6 Å². The van der Waals surface area contributed by atoms with Gasteiger partial charge >= 0.3 is 0 Å². The molecule has 71 heavy (non-hydrogen) atoms. The Labute approximate surface area is 428 Å². The molecule has 17 nitrogen and oxygen atoms in total. The van der Waals surface area contributed by atoms with Crippen molar-refractivity contribution in [1.82, 2.24) is 40.2 Å². The van der Waals surface area contributed by atoms with Gasteiger partial charge in [0.2, 0.25) is 17.7 Å². The van der Waals surface area contributed by atoms with E-state index < -0.39 is 18.1 Å². The van der Waals surface area contributed by atoms with Gasteiger partial charge in [0.1, 0.15) is 46.2 Å². The van der Waals surface area contributed by atoms with Crippen molar-refractivity contribution < 1.29 is 28.8 Å². The highest BCUT2D eigenvalue weighted by molar-refractivity contribution is 7.99. The number of hydrogen-bond donors (Lipinski definition) is 3. The summed E-state index contributed by atoms with van der Waals surface area (Å²) in [6.07, 6.45) is 9.03. The highest BCUT2D eigenvalue weighted by Crippen LogP contribution is 2.39. The summed E-state index contributed by atoms with van der Waals surface area (Å²) in [6, 6.07) is 8.75. The summed E-state index contributed by atoms with van der Waals surface area (Å²) in [4.78, 5) is 70.2. The van der Waals surface area contributed by atoms with Gasteiger partial charge in [0.15, 0.2) is 0 Å². The Kier molecular flexibility index (Phi) is 15.5. The molecule has 4 aliphatic rings. The molecule has 3 atom stereocenters. The minimum atomic E-state index is -0.856. The van der Waals surface area contributed by atoms with Gasteiger partial charge in [0, 0.05) is 106 Å². The monoisotopic (exact) mass is 1030 g/mol. The predicted octanol–water partition coefficient (Wildman–Crippen LogP) is 7.03. The second-order valence-corrected chi connectivity index (χ2v) is 22.4. The zero-order valence-electron chi connectivity index (χ0n) is 41.1. The number of halogens is 1. The van der Waals surface area contributed by atoms with E-state index in [-0.39, 0.29) is 60.7 Å². The van der Waals surface area contributed by atoms with Crippen molar-refractivity contribution in [3.05, 3.63) is 82.2 Å².